The number of nitrogens with one attached hydrogen (secondary N) is 1. The summed E-state index contributed by atoms with van der Waals surface area (Å²) in [6.07, 6.45) is 0. The SMILES string of the molecule is COc1ccc(NC(=O)CN(C(C)=O)c2ccc(Cl)c(Cl)c2)cc1OC. The number of rotatable bonds is 6. The lowest BCUT2D eigenvalue weighted by atomic mass is 10.2. The van der Waals surface area contributed by atoms with E-state index in [0.29, 0.717) is 32.9 Å². The lowest BCUT2D eigenvalue weighted by molar-refractivity contribution is -0.120. The molecule has 26 heavy (non-hydrogen) atoms. The zero-order valence-electron chi connectivity index (χ0n) is 14.5. The van der Waals surface area contributed by atoms with Crippen LogP contribution in [0.25, 0.3) is 0 Å². The van der Waals surface area contributed by atoms with Crippen molar-refractivity contribution in [1.29, 1.82) is 0 Å². The Balaban J connectivity index is 2.15. The second-order valence-corrected chi connectivity index (χ2v) is 6.14. The van der Waals surface area contributed by atoms with Gasteiger partial charge in [0.15, 0.2) is 11.5 Å². The summed E-state index contributed by atoms with van der Waals surface area (Å²) in [7, 11) is 3.03. The highest BCUT2D eigenvalue weighted by atomic mass is 35.5. The first kappa shape index (κ1) is 19.9. The first-order valence-corrected chi connectivity index (χ1v) is 8.36. The fourth-order valence-electron chi connectivity index (χ4n) is 2.30. The minimum atomic E-state index is -0.376. The van der Waals surface area contributed by atoms with Crippen molar-refractivity contribution in [2.75, 3.05) is 31.0 Å². The molecule has 0 unspecified atom stereocenters. The monoisotopic (exact) mass is 396 g/mol. The van der Waals surface area contributed by atoms with E-state index in [0.717, 1.165) is 0 Å². The fourth-order valence-corrected chi connectivity index (χ4v) is 2.59. The summed E-state index contributed by atoms with van der Waals surface area (Å²) < 4.78 is 10.4. The van der Waals surface area contributed by atoms with E-state index in [9.17, 15) is 9.59 Å². The number of hydrogen-bond acceptors (Lipinski definition) is 4. The average molecular weight is 397 g/mol. The van der Waals surface area contributed by atoms with Crippen LogP contribution in [-0.2, 0) is 9.59 Å². The van der Waals surface area contributed by atoms with E-state index in [2.05, 4.69) is 5.32 Å². The van der Waals surface area contributed by atoms with Crippen molar-refractivity contribution in [3.05, 3.63) is 46.4 Å². The molecule has 0 aliphatic rings. The van der Waals surface area contributed by atoms with Crippen LogP contribution in [0.4, 0.5) is 11.4 Å². The van der Waals surface area contributed by atoms with E-state index in [1.807, 2.05) is 0 Å². The standard InChI is InChI=1S/C18H18Cl2N2O4/c1-11(23)22(13-5-6-14(19)15(20)9-13)10-18(24)21-12-4-7-16(25-2)17(8-12)26-3/h4-9H,10H2,1-3H3,(H,21,24). The molecule has 0 spiro atoms. The van der Waals surface area contributed by atoms with E-state index < -0.39 is 0 Å². The molecule has 0 saturated heterocycles. The highest BCUT2D eigenvalue weighted by Gasteiger charge is 2.17. The average Bonchev–Trinajstić information content (AvgIpc) is 2.61. The third-order valence-electron chi connectivity index (χ3n) is 3.56. The van der Waals surface area contributed by atoms with Crippen LogP contribution in [0.15, 0.2) is 36.4 Å². The van der Waals surface area contributed by atoms with Gasteiger partial charge in [0, 0.05) is 24.4 Å². The maximum atomic E-state index is 12.4. The van der Waals surface area contributed by atoms with Gasteiger partial charge in [-0.25, -0.2) is 0 Å². The summed E-state index contributed by atoms with van der Waals surface area (Å²) >= 11 is 11.9. The van der Waals surface area contributed by atoms with Crippen molar-refractivity contribution < 1.29 is 19.1 Å². The Morgan fingerprint density at radius 3 is 2.27 bits per heavy atom. The van der Waals surface area contributed by atoms with E-state index in [-0.39, 0.29) is 18.4 Å². The van der Waals surface area contributed by atoms with Crippen molar-refractivity contribution in [3.63, 3.8) is 0 Å². The summed E-state index contributed by atoms with van der Waals surface area (Å²) in [5.41, 5.74) is 1.000. The molecule has 0 radical (unpaired) electrons. The molecule has 0 aliphatic carbocycles. The molecule has 138 valence electrons. The highest BCUT2D eigenvalue weighted by Crippen LogP contribution is 2.30. The van der Waals surface area contributed by atoms with Gasteiger partial charge in [-0.1, -0.05) is 23.2 Å². The van der Waals surface area contributed by atoms with Crippen molar-refractivity contribution >= 4 is 46.4 Å². The Labute approximate surface area is 161 Å². The van der Waals surface area contributed by atoms with Crippen LogP contribution < -0.4 is 19.7 Å². The summed E-state index contributed by atoms with van der Waals surface area (Å²) in [4.78, 5) is 25.6. The van der Waals surface area contributed by atoms with Crippen molar-refractivity contribution in [1.82, 2.24) is 0 Å². The first-order chi connectivity index (χ1) is 12.3. The maximum Gasteiger partial charge on any atom is 0.244 e. The van der Waals surface area contributed by atoms with Crippen LogP contribution >= 0.6 is 23.2 Å². The number of carbonyl (C=O) groups excluding carboxylic acids is 2. The predicted octanol–water partition coefficient (Wildman–Crippen LogP) is 4.00. The highest BCUT2D eigenvalue weighted by molar-refractivity contribution is 6.42. The zero-order valence-corrected chi connectivity index (χ0v) is 16.0. The third kappa shape index (κ3) is 4.80. The van der Waals surface area contributed by atoms with Crippen LogP contribution in [0.3, 0.4) is 0 Å². The fraction of sp³-hybridized carbons (Fsp3) is 0.222. The van der Waals surface area contributed by atoms with E-state index in [4.69, 9.17) is 32.7 Å². The molecular weight excluding hydrogens is 379 g/mol. The molecule has 8 heteroatoms. The van der Waals surface area contributed by atoms with Crippen LogP contribution in [0.2, 0.25) is 10.0 Å². The van der Waals surface area contributed by atoms with Gasteiger partial charge in [-0.05, 0) is 30.3 Å². The molecular formula is C18H18Cl2N2O4. The molecule has 2 aromatic rings. The number of halogens is 2. The molecule has 2 amide bonds. The predicted molar refractivity (Wildman–Crippen MR) is 103 cm³/mol. The van der Waals surface area contributed by atoms with Gasteiger partial charge in [-0.15, -0.1) is 0 Å². The number of carbonyl (C=O) groups is 2. The Bertz CT molecular complexity index is 827. The van der Waals surface area contributed by atoms with Crippen molar-refractivity contribution in [2.45, 2.75) is 6.92 Å². The van der Waals surface area contributed by atoms with Crippen molar-refractivity contribution in [3.8, 4) is 11.5 Å². The van der Waals surface area contributed by atoms with Crippen LogP contribution in [-0.4, -0.2) is 32.6 Å². The summed E-state index contributed by atoms with van der Waals surface area (Å²) in [6.45, 7) is 1.19. The smallest absolute Gasteiger partial charge is 0.244 e. The van der Waals surface area contributed by atoms with Gasteiger partial charge in [0.05, 0.1) is 24.3 Å². The molecule has 0 saturated carbocycles. The lowest BCUT2D eigenvalue weighted by Gasteiger charge is -2.21. The lowest BCUT2D eigenvalue weighted by Crippen LogP contribution is -2.36. The molecule has 0 atom stereocenters. The minimum Gasteiger partial charge on any atom is -0.493 e. The quantitative estimate of drug-likeness (QED) is 0.800. The van der Waals surface area contributed by atoms with Gasteiger partial charge < -0.3 is 19.7 Å². The van der Waals surface area contributed by atoms with Gasteiger partial charge >= 0.3 is 0 Å². The molecule has 2 rings (SSSR count). The number of methoxy groups -OCH3 is 2. The second kappa shape index (κ2) is 8.78. The first-order valence-electron chi connectivity index (χ1n) is 7.60. The van der Waals surface area contributed by atoms with Gasteiger partial charge in [-0.3, -0.25) is 9.59 Å². The Morgan fingerprint density at radius 1 is 1.00 bits per heavy atom. The Morgan fingerprint density at radius 2 is 1.69 bits per heavy atom. The molecule has 1 N–H and O–H groups in total. The van der Waals surface area contributed by atoms with Gasteiger partial charge in [0.1, 0.15) is 6.54 Å². The molecule has 0 fully saturated rings. The molecule has 0 aromatic heterocycles. The van der Waals surface area contributed by atoms with Crippen molar-refractivity contribution in [2.24, 2.45) is 0 Å². The second-order valence-electron chi connectivity index (χ2n) is 5.32. The van der Waals surface area contributed by atoms with E-state index in [1.165, 1.54) is 32.1 Å². The number of hydrogen-bond donors (Lipinski definition) is 1. The molecule has 0 heterocycles. The summed E-state index contributed by atoms with van der Waals surface area (Å²) in [6, 6.07) is 9.72. The largest absolute Gasteiger partial charge is 0.493 e. The van der Waals surface area contributed by atoms with E-state index >= 15 is 0 Å². The molecule has 6 nitrogen and oxygen atoms in total. The summed E-state index contributed by atoms with van der Waals surface area (Å²) in [5, 5.41) is 3.39. The van der Waals surface area contributed by atoms with Crippen LogP contribution in [0, 0.1) is 0 Å². The molecule has 0 bridgehead atoms. The van der Waals surface area contributed by atoms with Gasteiger partial charge in [0.2, 0.25) is 11.8 Å². The number of nitrogens with zero attached hydrogens (tertiary/aromatic N) is 1. The maximum absolute atomic E-state index is 12.4. The van der Waals surface area contributed by atoms with Gasteiger partial charge in [0.25, 0.3) is 0 Å². The molecule has 2 aromatic carbocycles. The number of ether oxygens (including phenoxy) is 2. The topological polar surface area (TPSA) is 67.9 Å². The Kier molecular flexibility index (Phi) is 6.71. The normalized spacial score (nSPS) is 10.2. The third-order valence-corrected chi connectivity index (χ3v) is 4.30. The van der Waals surface area contributed by atoms with Gasteiger partial charge in [-0.2, -0.15) is 0 Å². The number of anilines is 2. The minimum absolute atomic E-state index is 0.179. The summed E-state index contributed by atoms with van der Waals surface area (Å²) in [5.74, 6) is 0.356. The zero-order chi connectivity index (χ0) is 19.3. The number of amides is 2. The van der Waals surface area contributed by atoms with Crippen LogP contribution in [0.1, 0.15) is 6.92 Å². The van der Waals surface area contributed by atoms with Crippen LogP contribution in [0.5, 0.6) is 11.5 Å². The van der Waals surface area contributed by atoms with E-state index in [1.54, 1.807) is 30.3 Å². The molecule has 0 aliphatic heterocycles. The Hall–Kier alpha value is -2.44. The number of benzene rings is 2.